The summed E-state index contributed by atoms with van der Waals surface area (Å²) >= 11 is 0. The smallest absolute Gasteiger partial charge is 0.0237 e. The van der Waals surface area contributed by atoms with Gasteiger partial charge in [-0.05, 0) is 36.8 Å². The molecule has 0 N–H and O–H groups in total. The lowest BCUT2D eigenvalue weighted by molar-refractivity contribution is 0.0658. The standard InChI is InChI=1S/C19H30N2/c1-16-6-5-9-19(14-16)21-12-10-20(11-13-21)15-18-8-4-3-7-17(18)2/h3-4,7-8,16,19H,5-6,9-15H2,1-2H3/t16-,19-/m0/s1. The van der Waals surface area contributed by atoms with Gasteiger partial charge in [0.1, 0.15) is 0 Å². The molecule has 21 heavy (non-hydrogen) atoms. The molecule has 0 spiro atoms. The number of nitrogens with zero attached hydrogens (tertiary/aromatic N) is 2. The first kappa shape index (κ1) is 15.1. The summed E-state index contributed by atoms with van der Waals surface area (Å²) in [6.45, 7) is 10.8. The fourth-order valence-electron chi connectivity index (χ4n) is 4.05. The van der Waals surface area contributed by atoms with Crippen LogP contribution >= 0.6 is 0 Å². The Balaban J connectivity index is 1.50. The molecule has 1 aromatic rings. The van der Waals surface area contributed by atoms with Gasteiger partial charge in [-0.2, -0.15) is 0 Å². The van der Waals surface area contributed by atoms with Gasteiger partial charge in [0.05, 0.1) is 0 Å². The van der Waals surface area contributed by atoms with Crippen molar-refractivity contribution in [1.82, 2.24) is 9.80 Å². The van der Waals surface area contributed by atoms with E-state index in [1.54, 1.807) is 0 Å². The van der Waals surface area contributed by atoms with Gasteiger partial charge in [-0.3, -0.25) is 9.80 Å². The van der Waals surface area contributed by atoms with Crippen molar-refractivity contribution < 1.29 is 0 Å². The average molecular weight is 286 g/mol. The monoisotopic (exact) mass is 286 g/mol. The molecule has 116 valence electrons. The largest absolute Gasteiger partial charge is 0.298 e. The van der Waals surface area contributed by atoms with Crippen molar-refractivity contribution >= 4 is 0 Å². The zero-order valence-electron chi connectivity index (χ0n) is 13.7. The van der Waals surface area contributed by atoms with Crippen molar-refractivity contribution in [2.45, 2.75) is 52.1 Å². The molecular formula is C19H30N2. The molecule has 2 heteroatoms. The maximum absolute atomic E-state index is 2.77. The second-order valence-corrected chi connectivity index (χ2v) is 7.16. The van der Waals surface area contributed by atoms with Gasteiger partial charge >= 0.3 is 0 Å². The van der Waals surface area contributed by atoms with Crippen LogP contribution < -0.4 is 0 Å². The van der Waals surface area contributed by atoms with Crippen molar-refractivity contribution in [3.8, 4) is 0 Å². The van der Waals surface area contributed by atoms with Crippen LogP contribution in [0.1, 0.15) is 43.7 Å². The van der Waals surface area contributed by atoms with Crippen molar-refractivity contribution in [2.75, 3.05) is 26.2 Å². The summed E-state index contributed by atoms with van der Waals surface area (Å²) in [5.74, 6) is 0.939. The predicted molar refractivity (Wildman–Crippen MR) is 89.4 cm³/mol. The highest BCUT2D eigenvalue weighted by Crippen LogP contribution is 2.28. The van der Waals surface area contributed by atoms with Crippen LogP contribution in [0.5, 0.6) is 0 Å². The Labute approximate surface area is 130 Å². The maximum atomic E-state index is 2.77. The molecule has 0 aromatic heterocycles. The van der Waals surface area contributed by atoms with Gasteiger partial charge < -0.3 is 0 Å². The minimum atomic E-state index is 0.870. The summed E-state index contributed by atoms with van der Waals surface area (Å²) in [6, 6.07) is 9.69. The van der Waals surface area contributed by atoms with Crippen LogP contribution in [-0.4, -0.2) is 42.0 Å². The highest BCUT2D eigenvalue weighted by atomic mass is 15.3. The average Bonchev–Trinajstić information content (AvgIpc) is 2.50. The normalized spacial score (nSPS) is 28.7. The second-order valence-electron chi connectivity index (χ2n) is 7.16. The Morgan fingerprint density at radius 1 is 1.05 bits per heavy atom. The minimum absolute atomic E-state index is 0.870. The first-order valence-corrected chi connectivity index (χ1v) is 8.73. The van der Waals surface area contributed by atoms with Crippen LogP contribution in [0.3, 0.4) is 0 Å². The van der Waals surface area contributed by atoms with Crippen molar-refractivity contribution in [3.05, 3.63) is 35.4 Å². The Morgan fingerprint density at radius 2 is 1.81 bits per heavy atom. The fourth-order valence-corrected chi connectivity index (χ4v) is 4.05. The van der Waals surface area contributed by atoms with E-state index >= 15 is 0 Å². The van der Waals surface area contributed by atoms with Crippen molar-refractivity contribution in [3.63, 3.8) is 0 Å². The van der Waals surface area contributed by atoms with Gasteiger partial charge in [0.25, 0.3) is 0 Å². The molecule has 2 aliphatic rings. The van der Waals surface area contributed by atoms with Crippen molar-refractivity contribution in [2.24, 2.45) is 5.92 Å². The first-order valence-electron chi connectivity index (χ1n) is 8.73. The Hall–Kier alpha value is -0.860. The van der Waals surface area contributed by atoms with Gasteiger partial charge in [0, 0.05) is 38.8 Å². The third-order valence-electron chi connectivity index (χ3n) is 5.49. The quantitative estimate of drug-likeness (QED) is 0.836. The highest BCUT2D eigenvalue weighted by molar-refractivity contribution is 5.25. The molecule has 1 aromatic carbocycles. The maximum Gasteiger partial charge on any atom is 0.0237 e. The summed E-state index contributed by atoms with van der Waals surface area (Å²) in [6.07, 6.45) is 5.75. The van der Waals surface area contributed by atoms with Gasteiger partial charge in [-0.25, -0.2) is 0 Å². The summed E-state index contributed by atoms with van der Waals surface area (Å²) in [7, 11) is 0. The van der Waals surface area contributed by atoms with E-state index in [9.17, 15) is 0 Å². The van der Waals surface area contributed by atoms with Gasteiger partial charge in [0.15, 0.2) is 0 Å². The highest BCUT2D eigenvalue weighted by Gasteiger charge is 2.27. The zero-order chi connectivity index (χ0) is 14.7. The number of benzene rings is 1. The van der Waals surface area contributed by atoms with Crippen LogP contribution in [0.4, 0.5) is 0 Å². The van der Waals surface area contributed by atoms with Crippen LogP contribution in [0, 0.1) is 12.8 Å². The number of hydrogen-bond donors (Lipinski definition) is 0. The Kier molecular flexibility index (Phi) is 4.97. The molecule has 0 unspecified atom stereocenters. The van der Waals surface area contributed by atoms with E-state index in [1.165, 1.54) is 63.0 Å². The molecule has 0 bridgehead atoms. The lowest BCUT2D eigenvalue weighted by Gasteiger charge is -2.42. The van der Waals surface area contributed by atoms with Crippen LogP contribution in [0.15, 0.2) is 24.3 Å². The first-order chi connectivity index (χ1) is 10.2. The molecule has 1 heterocycles. The summed E-state index contributed by atoms with van der Waals surface area (Å²) in [5, 5.41) is 0. The molecular weight excluding hydrogens is 256 g/mol. The number of piperazine rings is 1. The van der Waals surface area contributed by atoms with Gasteiger partial charge in [-0.15, -0.1) is 0 Å². The van der Waals surface area contributed by atoms with Gasteiger partial charge in [0.2, 0.25) is 0 Å². The Bertz CT molecular complexity index is 449. The van der Waals surface area contributed by atoms with Crippen LogP contribution in [0.25, 0.3) is 0 Å². The zero-order valence-corrected chi connectivity index (χ0v) is 13.7. The fraction of sp³-hybridized carbons (Fsp3) is 0.684. The summed E-state index contributed by atoms with van der Waals surface area (Å²) in [5.41, 5.74) is 2.93. The molecule has 1 saturated carbocycles. The molecule has 2 nitrogen and oxygen atoms in total. The summed E-state index contributed by atoms with van der Waals surface area (Å²) in [4.78, 5) is 5.40. The second kappa shape index (κ2) is 6.93. The molecule has 2 fully saturated rings. The topological polar surface area (TPSA) is 6.48 Å². The molecule has 1 saturated heterocycles. The van der Waals surface area contributed by atoms with E-state index in [-0.39, 0.29) is 0 Å². The van der Waals surface area contributed by atoms with E-state index in [0.717, 1.165) is 18.5 Å². The Morgan fingerprint density at radius 3 is 2.52 bits per heavy atom. The van der Waals surface area contributed by atoms with Crippen LogP contribution in [-0.2, 0) is 6.54 Å². The molecule has 0 amide bonds. The lowest BCUT2D eigenvalue weighted by atomic mass is 9.86. The van der Waals surface area contributed by atoms with E-state index in [1.807, 2.05) is 0 Å². The molecule has 2 atom stereocenters. The number of rotatable bonds is 3. The number of aryl methyl sites for hydroxylation is 1. The predicted octanol–water partition coefficient (Wildman–Crippen LogP) is 3.69. The SMILES string of the molecule is Cc1ccccc1CN1CCN([C@H]2CCC[C@H](C)C2)CC1. The van der Waals surface area contributed by atoms with Gasteiger partial charge in [-0.1, -0.05) is 44.0 Å². The van der Waals surface area contributed by atoms with Crippen molar-refractivity contribution in [1.29, 1.82) is 0 Å². The summed E-state index contributed by atoms with van der Waals surface area (Å²) < 4.78 is 0. The van der Waals surface area contributed by atoms with E-state index < -0.39 is 0 Å². The van der Waals surface area contributed by atoms with E-state index in [4.69, 9.17) is 0 Å². The third kappa shape index (κ3) is 3.87. The van der Waals surface area contributed by atoms with E-state index in [2.05, 4.69) is 47.9 Å². The molecule has 1 aliphatic heterocycles. The lowest BCUT2D eigenvalue weighted by Crippen LogP contribution is -2.50. The third-order valence-corrected chi connectivity index (χ3v) is 5.49. The van der Waals surface area contributed by atoms with E-state index in [0.29, 0.717) is 0 Å². The molecule has 1 aliphatic carbocycles. The number of hydrogen-bond acceptors (Lipinski definition) is 2. The molecule has 0 radical (unpaired) electrons. The molecule has 3 rings (SSSR count). The minimum Gasteiger partial charge on any atom is -0.298 e. The van der Waals surface area contributed by atoms with Crippen LogP contribution in [0.2, 0.25) is 0 Å².